The summed E-state index contributed by atoms with van der Waals surface area (Å²) in [5, 5.41) is 3.70. The van der Waals surface area contributed by atoms with Crippen LogP contribution in [-0.2, 0) is 0 Å². The van der Waals surface area contributed by atoms with Gasteiger partial charge in [-0.15, -0.1) is 0 Å². The normalized spacial score (nSPS) is 24.7. The number of hydrogen-bond acceptors (Lipinski definition) is 3. The Labute approximate surface area is 88.7 Å². The second-order valence-corrected chi connectivity index (χ2v) is 4.31. The maximum atomic E-state index is 5.77. The molecule has 76 valence electrons. The van der Waals surface area contributed by atoms with Crippen molar-refractivity contribution in [1.29, 1.82) is 0 Å². The van der Waals surface area contributed by atoms with Crippen molar-refractivity contribution >= 4 is 23.1 Å². The molecule has 1 aliphatic rings. The summed E-state index contributed by atoms with van der Waals surface area (Å²) in [5.74, 6) is 2.31. The molecule has 0 aliphatic heterocycles. The molecular formula is C10H14ClN3. The Hall–Kier alpha value is -0.960. The average molecular weight is 212 g/mol. The highest BCUT2D eigenvalue weighted by molar-refractivity contribution is 6.29. The molecule has 2 atom stereocenters. The van der Waals surface area contributed by atoms with E-state index < -0.39 is 0 Å². The van der Waals surface area contributed by atoms with Crippen LogP contribution in [0.2, 0.25) is 5.15 Å². The lowest BCUT2D eigenvalue weighted by Gasteiger charge is -2.07. The Bertz CT molecular complexity index is 340. The van der Waals surface area contributed by atoms with Crippen molar-refractivity contribution < 1.29 is 0 Å². The molecule has 2 unspecified atom stereocenters. The fourth-order valence-electron chi connectivity index (χ4n) is 1.50. The standard InChI is InChI=1S/C10H14ClN3/c1-6-4-7(6)5-13-10-8(12)2-3-9(11)14-10/h2-3,6-7H,4-5,12H2,1H3,(H,13,14). The van der Waals surface area contributed by atoms with Crippen molar-refractivity contribution in [2.45, 2.75) is 13.3 Å². The third kappa shape index (κ3) is 2.10. The highest BCUT2D eigenvalue weighted by atomic mass is 35.5. The average Bonchev–Trinajstić information content (AvgIpc) is 2.84. The molecule has 3 nitrogen and oxygen atoms in total. The molecule has 1 aliphatic carbocycles. The Kier molecular flexibility index (Phi) is 2.50. The second kappa shape index (κ2) is 3.65. The van der Waals surface area contributed by atoms with Gasteiger partial charge in [-0.3, -0.25) is 0 Å². The molecule has 0 saturated heterocycles. The van der Waals surface area contributed by atoms with E-state index in [4.69, 9.17) is 17.3 Å². The van der Waals surface area contributed by atoms with Gasteiger partial charge in [0.25, 0.3) is 0 Å². The van der Waals surface area contributed by atoms with Gasteiger partial charge in [0, 0.05) is 6.54 Å². The summed E-state index contributed by atoms with van der Waals surface area (Å²) in [6.07, 6.45) is 1.30. The van der Waals surface area contributed by atoms with Crippen LogP contribution in [0.4, 0.5) is 11.5 Å². The lowest BCUT2D eigenvalue weighted by molar-refractivity contribution is 0.785. The third-order valence-corrected chi connectivity index (χ3v) is 2.91. The van der Waals surface area contributed by atoms with Gasteiger partial charge < -0.3 is 11.1 Å². The van der Waals surface area contributed by atoms with Crippen LogP contribution in [0.5, 0.6) is 0 Å². The molecule has 0 radical (unpaired) electrons. The predicted molar refractivity (Wildman–Crippen MR) is 59.4 cm³/mol. The van der Waals surface area contributed by atoms with Crippen LogP contribution in [0.15, 0.2) is 12.1 Å². The molecule has 0 aromatic carbocycles. The number of aromatic nitrogens is 1. The predicted octanol–water partition coefficient (Wildman–Crippen LogP) is 2.39. The molecule has 2 rings (SSSR count). The zero-order valence-electron chi connectivity index (χ0n) is 8.13. The molecule has 1 aromatic rings. The molecule has 14 heavy (non-hydrogen) atoms. The van der Waals surface area contributed by atoms with Gasteiger partial charge in [0.15, 0.2) is 5.82 Å². The van der Waals surface area contributed by atoms with Crippen LogP contribution in [0, 0.1) is 11.8 Å². The maximum Gasteiger partial charge on any atom is 0.150 e. The minimum absolute atomic E-state index is 0.477. The molecular weight excluding hydrogens is 198 g/mol. The number of pyridine rings is 1. The zero-order valence-corrected chi connectivity index (χ0v) is 8.88. The van der Waals surface area contributed by atoms with Crippen molar-refractivity contribution in [1.82, 2.24) is 4.98 Å². The van der Waals surface area contributed by atoms with Crippen molar-refractivity contribution in [3.05, 3.63) is 17.3 Å². The summed E-state index contributed by atoms with van der Waals surface area (Å²) in [4.78, 5) is 4.13. The lowest BCUT2D eigenvalue weighted by Crippen LogP contribution is -2.08. The van der Waals surface area contributed by atoms with Crippen molar-refractivity contribution in [3.8, 4) is 0 Å². The number of anilines is 2. The molecule has 1 saturated carbocycles. The summed E-state index contributed by atoms with van der Waals surface area (Å²) >= 11 is 5.77. The van der Waals surface area contributed by atoms with E-state index in [1.807, 2.05) is 0 Å². The fourth-order valence-corrected chi connectivity index (χ4v) is 1.65. The molecule has 4 heteroatoms. The second-order valence-electron chi connectivity index (χ2n) is 3.93. The van der Waals surface area contributed by atoms with E-state index >= 15 is 0 Å². The molecule has 0 spiro atoms. The van der Waals surface area contributed by atoms with Gasteiger partial charge in [-0.1, -0.05) is 18.5 Å². The van der Waals surface area contributed by atoms with Gasteiger partial charge in [-0.25, -0.2) is 4.98 Å². The first-order chi connectivity index (χ1) is 6.66. The molecule has 1 aromatic heterocycles. The molecule has 0 amide bonds. The van der Waals surface area contributed by atoms with Gasteiger partial charge in [0.1, 0.15) is 5.15 Å². The van der Waals surface area contributed by atoms with E-state index in [-0.39, 0.29) is 0 Å². The largest absolute Gasteiger partial charge is 0.396 e. The number of halogens is 1. The van der Waals surface area contributed by atoms with Crippen LogP contribution < -0.4 is 11.1 Å². The van der Waals surface area contributed by atoms with E-state index in [0.717, 1.165) is 18.4 Å². The number of nitrogens with zero attached hydrogens (tertiary/aromatic N) is 1. The number of nitrogens with two attached hydrogens (primary N) is 1. The van der Waals surface area contributed by atoms with Crippen LogP contribution in [0.1, 0.15) is 13.3 Å². The first kappa shape index (κ1) is 9.59. The topological polar surface area (TPSA) is 50.9 Å². The van der Waals surface area contributed by atoms with Gasteiger partial charge in [-0.05, 0) is 30.4 Å². The fraction of sp³-hybridized carbons (Fsp3) is 0.500. The van der Waals surface area contributed by atoms with Crippen LogP contribution >= 0.6 is 11.6 Å². The first-order valence-electron chi connectivity index (χ1n) is 4.82. The van der Waals surface area contributed by atoms with E-state index in [1.54, 1.807) is 12.1 Å². The summed E-state index contributed by atoms with van der Waals surface area (Å²) < 4.78 is 0. The summed E-state index contributed by atoms with van der Waals surface area (Å²) in [6.45, 7) is 3.19. The number of nitrogens with one attached hydrogen (secondary N) is 1. The SMILES string of the molecule is CC1CC1CNc1nc(Cl)ccc1N. The maximum absolute atomic E-state index is 5.77. The molecule has 0 bridgehead atoms. The highest BCUT2D eigenvalue weighted by Gasteiger charge is 2.32. The van der Waals surface area contributed by atoms with Gasteiger partial charge in [-0.2, -0.15) is 0 Å². The lowest BCUT2D eigenvalue weighted by atomic mass is 10.3. The van der Waals surface area contributed by atoms with E-state index in [9.17, 15) is 0 Å². The van der Waals surface area contributed by atoms with E-state index in [2.05, 4.69) is 17.2 Å². The minimum Gasteiger partial charge on any atom is -0.396 e. The minimum atomic E-state index is 0.477. The monoisotopic (exact) mass is 211 g/mol. The smallest absolute Gasteiger partial charge is 0.150 e. The third-order valence-electron chi connectivity index (χ3n) is 2.70. The summed E-state index contributed by atoms with van der Waals surface area (Å²) in [7, 11) is 0. The van der Waals surface area contributed by atoms with E-state index in [0.29, 0.717) is 16.7 Å². The summed E-state index contributed by atoms with van der Waals surface area (Å²) in [5.41, 5.74) is 6.40. The van der Waals surface area contributed by atoms with Crippen LogP contribution in [0.25, 0.3) is 0 Å². The summed E-state index contributed by atoms with van der Waals surface area (Å²) in [6, 6.07) is 3.47. The molecule has 1 fully saturated rings. The van der Waals surface area contributed by atoms with Gasteiger partial charge >= 0.3 is 0 Å². The Balaban J connectivity index is 1.97. The molecule has 3 N–H and O–H groups in total. The van der Waals surface area contributed by atoms with Crippen LogP contribution in [-0.4, -0.2) is 11.5 Å². The number of nitrogen functional groups attached to an aromatic ring is 1. The first-order valence-corrected chi connectivity index (χ1v) is 5.20. The number of hydrogen-bond donors (Lipinski definition) is 2. The van der Waals surface area contributed by atoms with Crippen molar-refractivity contribution in [2.75, 3.05) is 17.6 Å². The van der Waals surface area contributed by atoms with Crippen molar-refractivity contribution in [3.63, 3.8) is 0 Å². The highest BCUT2D eigenvalue weighted by Crippen LogP contribution is 2.37. The Morgan fingerprint density at radius 2 is 2.36 bits per heavy atom. The zero-order chi connectivity index (χ0) is 10.1. The van der Waals surface area contributed by atoms with Crippen molar-refractivity contribution in [2.24, 2.45) is 11.8 Å². The van der Waals surface area contributed by atoms with Crippen LogP contribution in [0.3, 0.4) is 0 Å². The Morgan fingerprint density at radius 3 is 3.00 bits per heavy atom. The van der Waals surface area contributed by atoms with E-state index in [1.165, 1.54) is 6.42 Å². The number of rotatable bonds is 3. The van der Waals surface area contributed by atoms with Gasteiger partial charge in [0.05, 0.1) is 5.69 Å². The molecule has 1 heterocycles. The Morgan fingerprint density at radius 1 is 1.64 bits per heavy atom. The van der Waals surface area contributed by atoms with Gasteiger partial charge in [0.2, 0.25) is 0 Å². The quantitative estimate of drug-likeness (QED) is 0.755.